The van der Waals surface area contributed by atoms with E-state index in [1.54, 1.807) is 12.1 Å². The van der Waals surface area contributed by atoms with Crippen LogP contribution >= 0.6 is 0 Å². The Hall–Kier alpha value is -2.78. The van der Waals surface area contributed by atoms with E-state index in [9.17, 15) is 13.2 Å². The number of hydrogen-bond acceptors (Lipinski definition) is 5. The van der Waals surface area contributed by atoms with E-state index in [1.165, 1.54) is 12.1 Å². The zero-order chi connectivity index (χ0) is 22.1. The molecular weight excluding hydrogens is 402 g/mol. The minimum Gasteiger partial charge on any atom is -0.352 e. The Morgan fingerprint density at radius 3 is 2.47 bits per heavy atom. The van der Waals surface area contributed by atoms with Crippen LogP contribution in [0.2, 0.25) is 0 Å². The van der Waals surface area contributed by atoms with Crippen LogP contribution in [-0.2, 0) is 27.8 Å². The van der Waals surface area contributed by atoms with Crippen LogP contribution in [0.5, 0.6) is 0 Å². The highest BCUT2D eigenvalue weighted by atomic mass is 32.2. The van der Waals surface area contributed by atoms with Crippen LogP contribution in [0.3, 0.4) is 0 Å². The first-order valence-corrected chi connectivity index (χ1v) is 11.3. The first kappa shape index (κ1) is 21.9. The molecule has 8 nitrogen and oxygen atoms in total. The average Bonchev–Trinajstić information content (AvgIpc) is 3.10. The highest BCUT2D eigenvalue weighted by molar-refractivity contribution is 7.89. The van der Waals surface area contributed by atoms with Crippen molar-refractivity contribution in [2.24, 2.45) is 5.14 Å². The molecule has 0 aliphatic rings. The van der Waals surface area contributed by atoms with Crippen molar-refractivity contribution in [3.05, 3.63) is 52.8 Å². The van der Waals surface area contributed by atoms with Gasteiger partial charge in [0, 0.05) is 30.1 Å². The molecule has 3 N–H and O–H groups in total. The van der Waals surface area contributed by atoms with Crippen molar-refractivity contribution < 1.29 is 13.2 Å². The topological polar surface area (TPSA) is 120 Å². The highest BCUT2D eigenvalue weighted by Gasteiger charge is 2.16. The van der Waals surface area contributed by atoms with Crippen molar-refractivity contribution in [2.75, 3.05) is 0 Å². The van der Waals surface area contributed by atoms with Crippen molar-refractivity contribution >= 4 is 27.0 Å². The number of amides is 1. The number of sulfonamides is 1. The van der Waals surface area contributed by atoms with Crippen LogP contribution < -0.4 is 10.5 Å². The Kier molecular flexibility index (Phi) is 6.23. The summed E-state index contributed by atoms with van der Waals surface area (Å²) >= 11 is 0. The van der Waals surface area contributed by atoms with Crippen molar-refractivity contribution in [3.8, 4) is 0 Å². The molecule has 9 heteroatoms. The molecule has 2 aromatic heterocycles. The highest BCUT2D eigenvalue weighted by Crippen LogP contribution is 2.25. The van der Waals surface area contributed by atoms with Gasteiger partial charge in [-0.15, -0.1) is 0 Å². The summed E-state index contributed by atoms with van der Waals surface area (Å²) in [7, 11) is -3.72. The number of carbonyl (C=O) groups excluding carboxylic acids is 1. The first-order chi connectivity index (χ1) is 14.1. The third-order valence-corrected chi connectivity index (χ3v) is 6.10. The van der Waals surface area contributed by atoms with Crippen LogP contribution in [0.25, 0.3) is 11.0 Å². The van der Waals surface area contributed by atoms with Crippen LogP contribution in [0.1, 0.15) is 48.7 Å². The second-order valence-electron chi connectivity index (χ2n) is 7.69. The largest absolute Gasteiger partial charge is 0.352 e. The molecular formula is C21H27N5O3S. The van der Waals surface area contributed by atoms with Gasteiger partial charge in [0.2, 0.25) is 15.9 Å². The second kappa shape index (κ2) is 8.53. The van der Waals surface area contributed by atoms with Crippen LogP contribution in [0.4, 0.5) is 0 Å². The molecule has 0 aliphatic carbocycles. The average molecular weight is 430 g/mol. The van der Waals surface area contributed by atoms with Crippen molar-refractivity contribution in [3.63, 3.8) is 0 Å². The Labute approximate surface area is 176 Å². The number of rotatable bonds is 7. The first-order valence-electron chi connectivity index (χ1n) is 9.79. The lowest BCUT2D eigenvalue weighted by Gasteiger charge is -2.13. The van der Waals surface area contributed by atoms with Gasteiger partial charge in [0.05, 0.1) is 11.1 Å². The number of nitrogens with zero attached hydrogens (tertiary/aromatic N) is 3. The normalized spacial score (nSPS) is 11.9. The molecule has 3 aromatic rings. The molecule has 0 spiro atoms. The van der Waals surface area contributed by atoms with E-state index in [1.807, 2.05) is 24.7 Å². The Balaban J connectivity index is 1.64. The zero-order valence-corrected chi connectivity index (χ0v) is 18.5. The summed E-state index contributed by atoms with van der Waals surface area (Å²) in [5.74, 6) is -0.0812. The van der Waals surface area contributed by atoms with Gasteiger partial charge in [-0.3, -0.25) is 4.79 Å². The number of benzene rings is 1. The fourth-order valence-electron chi connectivity index (χ4n) is 3.46. The number of fused-ring (bicyclic) bond motifs is 1. The summed E-state index contributed by atoms with van der Waals surface area (Å²) in [6, 6.07) is 6.37. The summed E-state index contributed by atoms with van der Waals surface area (Å²) in [5.41, 5.74) is 4.76. The smallest absolute Gasteiger partial charge is 0.238 e. The van der Waals surface area contributed by atoms with Gasteiger partial charge >= 0.3 is 0 Å². The van der Waals surface area contributed by atoms with Gasteiger partial charge < -0.3 is 5.32 Å². The zero-order valence-electron chi connectivity index (χ0n) is 17.6. The summed E-state index contributed by atoms with van der Waals surface area (Å²) in [6.45, 7) is 8.47. The second-order valence-corrected chi connectivity index (χ2v) is 9.25. The van der Waals surface area contributed by atoms with Crippen molar-refractivity contribution in [2.45, 2.75) is 58.0 Å². The summed E-state index contributed by atoms with van der Waals surface area (Å²) in [6.07, 6.45) is 2.76. The Bertz CT molecular complexity index is 1180. The van der Waals surface area contributed by atoms with Gasteiger partial charge in [0.25, 0.3) is 0 Å². The van der Waals surface area contributed by atoms with Gasteiger partial charge in [-0.05, 0) is 62.9 Å². The van der Waals surface area contributed by atoms with E-state index in [-0.39, 0.29) is 16.8 Å². The lowest BCUT2D eigenvalue weighted by atomic mass is 10.0. The molecule has 30 heavy (non-hydrogen) atoms. The molecule has 2 heterocycles. The fraction of sp³-hybridized carbons (Fsp3) is 0.381. The van der Waals surface area contributed by atoms with Crippen LogP contribution in [0.15, 0.2) is 35.4 Å². The number of pyridine rings is 1. The van der Waals surface area contributed by atoms with E-state index in [4.69, 9.17) is 10.1 Å². The van der Waals surface area contributed by atoms with E-state index >= 15 is 0 Å². The standard InChI is InChI=1S/C21H27N5O3S/c1-13(2)26-21-19(12-24-26)14(3)18(15(4)25-21)9-10-20(27)23-11-16-5-7-17(8-6-16)30(22,28)29/h5-8,12-13H,9-11H2,1-4H3,(H,23,27)(H2,22,28,29). The molecule has 0 atom stereocenters. The minimum atomic E-state index is -3.72. The molecule has 1 amide bonds. The molecule has 160 valence electrons. The molecule has 0 saturated carbocycles. The molecule has 3 rings (SSSR count). The van der Waals surface area contributed by atoms with Gasteiger partial charge in [0.1, 0.15) is 0 Å². The van der Waals surface area contributed by atoms with Gasteiger partial charge in [-0.25, -0.2) is 23.2 Å². The molecule has 0 bridgehead atoms. The molecule has 0 unspecified atom stereocenters. The lowest BCUT2D eigenvalue weighted by Crippen LogP contribution is -2.23. The molecule has 0 radical (unpaired) electrons. The predicted molar refractivity (Wildman–Crippen MR) is 115 cm³/mol. The van der Waals surface area contributed by atoms with Crippen molar-refractivity contribution in [1.29, 1.82) is 0 Å². The number of aryl methyl sites for hydroxylation is 2. The lowest BCUT2D eigenvalue weighted by molar-refractivity contribution is -0.121. The molecule has 0 aliphatic heterocycles. The molecule has 0 fully saturated rings. The predicted octanol–water partition coefficient (Wildman–Crippen LogP) is 2.53. The number of primary sulfonamides is 1. The SMILES string of the molecule is Cc1nc2c(cnn2C(C)C)c(C)c1CCC(=O)NCc1ccc(S(N)(=O)=O)cc1. The molecule has 0 saturated heterocycles. The van der Waals surface area contributed by atoms with E-state index in [0.29, 0.717) is 19.4 Å². The fourth-order valence-corrected chi connectivity index (χ4v) is 3.98. The minimum absolute atomic E-state index is 0.0483. The summed E-state index contributed by atoms with van der Waals surface area (Å²) in [4.78, 5) is 17.1. The number of aromatic nitrogens is 3. The summed E-state index contributed by atoms with van der Waals surface area (Å²) < 4.78 is 24.5. The van der Waals surface area contributed by atoms with Crippen LogP contribution in [-0.4, -0.2) is 29.1 Å². The number of carbonyl (C=O) groups is 1. The Morgan fingerprint density at radius 2 is 1.87 bits per heavy atom. The maximum absolute atomic E-state index is 12.3. The maximum Gasteiger partial charge on any atom is 0.238 e. The van der Waals surface area contributed by atoms with Gasteiger partial charge in [-0.1, -0.05) is 12.1 Å². The third-order valence-electron chi connectivity index (χ3n) is 5.17. The quantitative estimate of drug-likeness (QED) is 0.598. The van der Waals surface area contributed by atoms with E-state index in [0.717, 1.165) is 33.4 Å². The van der Waals surface area contributed by atoms with Gasteiger partial charge in [-0.2, -0.15) is 5.10 Å². The summed E-state index contributed by atoms with van der Waals surface area (Å²) in [5, 5.41) is 13.4. The number of nitrogens with one attached hydrogen (secondary N) is 1. The van der Waals surface area contributed by atoms with E-state index in [2.05, 4.69) is 24.3 Å². The van der Waals surface area contributed by atoms with Gasteiger partial charge in [0.15, 0.2) is 5.65 Å². The third kappa shape index (κ3) is 4.68. The van der Waals surface area contributed by atoms with Crippen LogP contribution in [0, 0.1) is 13.8 Å². The monoisotopic (exact) mass is 429 g/mol. The molecule has 1 aromatic carbocycles. The maximum atomic E-state index is 12.3. The number of hydrogen-bond donors (Lipinski definition) is 2. The Morgan fingerprint density at radius 1 is 1.20 bits per heavy atom. The van der Waals surface area contributed by atoms with Crippen molar-refractivity contribution in [1.82, 2.24) is 20.1 Å². The number of nitrogens with two attached hydrogens (primary N) is 1. The van der Waals surface area contributed by atoms with E-state index < -0.39 is 10.0 Å².